The summed E-state index contributed by atoms with van der Waals surface area (Å²) in [4.78, 5) is 6.48. The number of halogens is 2. The summed E-state index contributed by atoms with van der Waals surface area (Å²) in [6, 6.07) is 8.85. The molecule has 0 spiro atoms. The van der Waals surface area contributed by atoms with Crippen LogP contribution in [0.4, 0.5) is 4.39 Å². The van der Waals surface area contributed by atoms with E-state index in [4.69, 9.17) is 11.6 Å². The molecule has 0 aliphatic carbocycles. The highest BCUT2D eigenvalue weighted by Gasteiger charge is 2.21. The van der Waals surface area contributed by atoms with Gasteiger partial charge in [0.05, 0.1) is 0 Å². The lowest BCUT2D eigenvalue weighted by atomic mass is 9.91. The molecule has 1 unspecified atom stereocenters. The van der Waals surface area contributed by atoms with Crippen molar-refractivity contribution in [2.75, 3.05) is 13.1 Å². The highest BCUT2D eigenvalue weighted by Crippen LogP contribution is 2.28. The minimum absolute atomic E-state index is 0.281. The van der Waals surface area contributed by atoms with E-state index in [0.717, 1.165) is 25.2 Å². The average molecular weight is 305 g/mol. The number of likely N-dealkylation sites (tertiary alicyclic amines) is 1. The summed E-state index contributed by atoms with van der Waals surface area (Å²) in [5.74, 6) is 0.262. The summed E-state index contributed by atoms with van der Waals surface area (Å²) in [5, 5.41) is 0.515. The van der Waals surface area contributed by atoms with Crippen LogP contribution in [-0.2, 0) is 6.54 Å². The minimum atomic E-state index is -0.281. The standard InChI is InChI=1S/C17H18ClFN2/c18-17-10-16(19)4-3-15(17)12-21-9-1-2-14(11-21)13-5-7-20-8-6-13/h3-8,10,14H,1-2,9,11-12H2. The summed E-state index contributed by atoms with van der Waals surface area (Å²) in [6.45, 7) is 2.85. The van der Waals surface area contributed by atoms with Gasteiger partial charge in [0.15, 0.2) is 0 Å². The molecule has 1 aromatic heterocycles. The number of hydrogen-bond acceptors (Lipinski definition) is 2. The van der Waals surface area contributed by atoms with Crippen LogP contribution in [0.5, 0.6) is 0 Å². The van der Waals surface area contributed by atoms with Crippen LogP contribution >= 0.6 is 11.6 Å². The fraction of sp³-hybridized carbons (Fsp3) is 0.353. The third-order valence-corrected chi connectivity index (χ3v) is 4.44. The van der Waals surface area contributed by atoms with E-state index >= 15 is 0 Å². The summed E-state index contributed by atoms with van der Waals surface area (Å²) in [7, 11) is 0. The maximum Gasteiger partial charge on any atom is 0.124 e. The van der Waals surface area contributed by atoms with Gasteiger partial charge in [0.1, 0.15) is 5.82 Å². The van der Waals surface area contributed by atoms with Crippen LogP contribution in [0.1, 0.15) is 29.9 Å². The average Bonchev–Trinajstić information content (AvgIpc) is 2.51. The van der Waals surface area contributed by atoms with Gasteiger partial charge in [-0.05, 0) is 60.7 Å². The van der Waals surface area contributed by atoms with Gasteiger partial charge in [-0.2, -0.15) is 0 Å². The van der Waals surface area contributed by atoms with Gasteiger partial charge < -0.3 is 0 Å². The van der Waals surface area contributed by atoms with Crippen LogP contribution in [0.2, 0.25) is 5.02 Å². The molecule has 1 aromatic carbocycles. The fourth-order valence-corrected chi connectivity index (χ4v) is 3.22. The number of piperidine rings is 1. The van der Waals surface area contributed by atoms with Crippen molar-refractivity contribution in [1.82, 2.24) is 9.88 Å². The normalized spacial score (nSPS) is 19.6. The Bertz CT molecular complexity index is 603. The van der Waals surface area contributed by atoms with Gasteiger partial charge in [-0.25, -0.2) is 4.39 Å². The van der Waals surface area contributed by atoms with Gasteiger partial charge in [-0.3, -0.25) is 9.88 Å². The predicted octanol–water partition coefficient (Wildman–Crippen LogP) is 4.25. The monoisotopic (exact) mass is 304 g/mol. The lowest BCUT2D eigenvalue weighted by molar-refractivity contribution is 0.200. The molecule has 0 bridgehead atoms. The predicted molar refractivity (Wildman–Crippen MR) is 82.9 cm³/mol. The maximum atomic E-state index is 13.1. The number of nitrogens with zero attached hydrogens (tertiary/aromatic N) is 2. The topological polar surface area (TPSA) is 16.1 Å². The van der Waals surface area contributed by atoms with Crippen LogP contribution in [0.25, 0.3) is 0 Å². The van der Waals surface area contributed by atoms with Crippen molar-refractivity contribution in [2.24, 2.45) is 0 Å². The van der Waals surface area contributed by atoms with Gasteiger partial charge in [0.25, 0.3) is 0 Å². The molecule has 0 saturated carbocycles. The van der Waals surface area contributed by atoms with Gasteiger partial charge >= 0.3 is 0 Å². The molecule has 21 heavy (non-hydrogen) atoms. The number of aromatic nitrogens is 1. The second kappa shape index (κ2) is 6.54. The summed E-state index contributed by atoms with van der Waals surface area (Å²) < 4.78 is 13.1. The van der Waals surface area contributed by atoms with Crippen molar-refractivity contribution < 1.29 is 4.39 Å². The molecule has 4 heteroatoms. The van der Waals surface area contributed by atoms with Crippen molar-refractivity contribution in [2.45, 2.75) is 25.3 Å². The Morgan fingerprint density at radius 3 is 2.81 bits per heavy atom. The quantitative estimate of drug-likeness (QED) is 0.842. The third kappa shape index (κ3) is 3.60. The molecule has 3 rings (SSSR count). The van der Waals surface area contributed by atoms with E-state index in [9.17, 15) is 4.39 Å². The van der Waals surface area contributed by atoms with E-state index in [1.165, 1.54) is 30.5 Å². The highest BCUT2D eigenvalue weighted by atomic mass is 35.5. The molecule has 110 valence electrons. The second-order valence-electron chi connectivity index (χ2n) is 5.59. The molecule has 2 aromatic rings. The maximum absolute atomic E-state index is 13.1. The van der Waals surface area contributed by atoms with Crippen LogP contribution in [0.15, 0.2) is 42.7 Å². The van der Waals surface area contributed by atoms with Crippen molar-refractivity contribution in [3.05, 3.63) is 64.7 Å². The van der Waals surface area contributed by atoms with Crippen LogP contribution in [0.3, 0.4) is 0 Å². The zero-order chi connectivity index (χ0) is 14.7. The number of benzene rings is 1. The van der Waals surface area contributed by atoms with Crippen LogP contribution < -0.4 is 0 Å². The summed E-state index contributed by atoms with van der Waals surface area (Å²) in [5.41, 5.74) is 2.34. The van der Waals surface area contributed by atoms with Gasteiger partial charge in [0, 0.05) is 30.5 Å². The van der Waals surface area contributed by atoms with Crippen LogP contribution in [0, 0.1) is 5.82 Å². The Labute approximate surface area is 129 Å². The molecule has 2 nitrogen and oxygen atoms in total. The zero-order valence-electron chi connectivity index (χ0n) is 11.8. The Morgan fingerprint density at radius 2 is 2.05 bits per heavy atom. The largest absolute Gasteiger partial charge is 0.298 e. The molecule has 1 saturated heterocycles. The van der Waals surface area contributed by atoms with E-state index in [1.807, 2.05) is 12.4 Å². The van der Waals surface area contributed by atoms with Crippen molar-refractivity contribution in [1.29, 1.82) is 0 Å². The van der Waals surface area contributed by atoms with E-state index in [-0.39, 0.29) is 5.82 Å². The molecule has 1 aliphatic heterocycles. The van der Waals surface area contributed by atoms with Crippen molar-refractivity contribution in [3.63, 3.8) is 0 Å². The number of pyridine rings is 1. The molecule has 1 fully saturated rings. The van der Waals surface area contributed by atoms with E-state index in [1.54, 1.807) is 6.07 Å². The summed E-state index contributed by atoms with van der Waals surface area (Å²) >= 11 is 6.13. The Kier molecular flexibility index (Phi) is 4.51. The Hall–Kier alpha value is -1.45. The molecule has 0 amide bonds. The van der Waals surface area contributed by atoms with E-state index in [0.29, 0.717) is 10.9 Å². The highest BCUT2D eigenvalue weighted by molar-refractivity contribution is 6.31. The number of rotatable bonds is 3. The molecule has 2 heterocycles. The minimum Gasteiger partial charge on any atom is -0.298 e. The lowest BCUT2D eigenvalue weighted by Crippen LogP contribution is -2.34. The third-order valence-electron chi connectivity index (χ3n) is 4.09. The first-order valence-electron chi connectivity index (χ1n) is 7.28. The summed E-state index contributed by atoms with van der Waals surface area (Å²) in [6.07, 6.45) is 6.08. The zero-order valence-corrected chi connectivity index (χ0v) is 12.6. The first-order valence-corrected chi connectivity index (χ1v) is 7.66. The molecule has 0 N–H and O–H groups in total. The molecule has 1 aliphatic rings. The Balaban J connectivity index is 1.69. The SMILES string of the molecule is Fc1ccc(CN2CCCC(c3ccncc3)C2)c(Cl)c1. The van der Waals surface area contributed by atoms with Gasteiger partial charge in [-0.1, -0.05) is 17.7 Å². The van der Waals surface area contributed by atoms with Gasteiger partial charge in [0.2, 0.25) is 0 Å². The fourth-order valence-electron chi connectivity index (χ4n) is 3.00. The smallest absolute Gasteiger partial charge is 0.124 e. The second-order valence-corrected chi connectivity index (χ2v) is 6.00. The van der Waals surface area contributed by atoms with Crippen LogP contribution in [-0.4, -0.2) is 23.0 Å². The molecule has 1 atom stereocenters. The Morgan fingerprint density at radius 1 is 1.24 bits per heavy atom. The molecular weight excluding hydrogens is 287 g/mol. The van der Waals surface area contributed by atoms with Gasteiger partial charge in [-0.15, -0.1) is 0 Å². The molecular formula is C17H18ClFN2. The van der Waals surface area contributed by atoms with Crippen molar-refractivity contribution in [3.8, 4) is 0 Å². The van der Waals surface area contributed by atoms with Crippen molar-refractivity contribution >= 4 is 11.6 Å². The first kappa shape index (κ1) is 14.5. The van der Waals surface area contributed by atoms with E-state index < -0.39 is 0 Å². The first-order chi connectivity index (χ1) is 10.2. The lowest BCUT2D eigenvalue weighted by Gasteiger charge is -2.33. The molecule has 0 radical (unpaired) electrons. The number of hydrogen-bond donors (Lipinski definition) is 0. The van der Waals surface area contributed by atoms with E-state index in [2.05, 4.69) is 22.0 Å².